The maximum absolute atomic E-state index is 11.8. The second kappa shape index (κ2) is 3.33. The highest BCUT2D eigenvalue weighted by Crippen LogP contribution is 2.34. The lowest BCUT2D eigenvalue weighted by Crippen LogP contribution is -2.34. The van der Waals surface area contributed by atoms with Crippen LogP contribution >= 0.6 is 22.6 Å². The zero-order valence-corrected chi connectivity index (χ0v) is 10.6. The van der Waals surface area contributed by atoms with Crippen molar-refractivity contribution in [1.29, 1.82) is 0 Å². The molecule has 1 aliphatic rings. The first-order valence-electron chi connectivity index (χ1n) is 4.84. The summed E-state index contributed by atoms with van der Waals surface area (Å²) in [4.78, 5) is 11.8. The van der Waals surface area contributed by atoms with Crippen LogP contribution in [0.5, 0.6) is 0 Å². The van der Waals surface area contributed by atoms with Crippen molar-refractivity contribution in [2.45, 2.75) is 32.1 Å². The number of aryl methyl sites for hydroxylation is 1. The van der Waals surface area contributed by atoms with Crippen molar-refractivity contribution in [1.82, 2.24) is 0 Å². The summed E-state index contributed by atoms with van der Waals surface area (Å²) in [7, 11) is 0. The summed E-state index contributed by atoms with van der Waals surface area (Å²) in [5.41, 5.74) is 2.29. The van der Waals surface area contributed by atoms with Crippen molar-refractivity contribution in [2.24, 2.45) is 0 Å². The number of benzene rings is 1. The number of fused-ring (bicyclic) bond motifs is 1. The quantitative estimate of drug-likeness (QED) is 0.673. The Morgan fingerprint density at radius 1 is 1.29 bits per heavy atom. The topological polar surface area (TPSA) is 17.1 Å². The zero-order chi connectivity index (χ0) is 10.3. The van der Waals surface area contributed by atoms with Gasteiger partial charge >= 0.3 is 0 Å². The van der Waals surface area contributed by atoms with Crippen LogP contribution < -0.4 is 0 Å². The van der Waals surface area contributed by atoms with Gasteiger partial charge in [-0.3, -0.25) is 4.79 Å². The largest absolute Gasteiger partial charge is 0.299 e. The molecule has 0 aliphatic heterocycles. The maximum Gasteiger partial charge on any atom is 0.143 e. The minimum absolute atomic E-state index is 0.280. The van der Waals surface area contributed by atoms with Crippen molar-refractivity contribution >= 4 is 28.4 Å². The van der Waals surface area contributed by atoms with E-state index in [-0.39, 0.29) is 5.41 Å². The van der Waals surface area contributed by atoms with Crippen LogP contribution in [-0.2, 0) is 16.6 Å². The molecule has 0 saturated carbocycles. The number of halogens is 1. The minimum atomic E-state index is -0.280. The Balaban J connectivity index is 2.59. The summed E-state index contributed by atoms with van der Waals surface area (Å²) in [5.74, 6) is 0.367. The van der Waals surface area contributed by atoms with Gasteiger partial charge in [0.25, 0.3) is 0 Å². The van der Waals surface area contributed by atoms with Crippen molar-refractivity contribution in [3.63, 3.8) is 0 Å². The summed E-state index contributed by atoms with van der Waals surface area (Å²) in [5, 5.41) is 0. The van der Waals surface area contributed by atoms with Gasteiger partial charge in [-0.05, 0) is 66.1 Å². The average molecular weight is 300 g/mol. The van der Waals surface area contributed by atoms with E-state index in [4.69, 9.17) is 0 Å². The van der Waals surface area contributed by atoms with Crippen LogP contribution in [0.25, 0.3) is 0 Å². The Labute approximate surface area is 98.0 Å². The standard InChI is InChI=1S/C12H13IO/c1-12(2)10-5-4-9(13)7-8(10)3-6-11(12)14/h4-5,7H,3,6H2,1-2H3. The molecule has 2 rings (SSSR count). The molecular weight excluding hydrogens is 287 g/mol. The van der Waals surface area contributed by atoms with Gasteiger partial charge in [0.05, 0.1) is 0 Å². The van der Waals surface area contributed by atoms with Crippen LogP contribution in [0.1, 0.15) is 31.4 Å². The summed E-state index contributed by atoms with van der Waals surface area (Å²) >= 11 is 2.32. The summed E-state index contributed by atoms with van der Waals surface area (Å²) < 4.78 is 1.26. The third-order valence-electron chi connectivity index (χ3n) is 3.06. The molecule has 0 bridgehead atoms. The molecule has 0 N–H and O–H groups in total. The summed E-state index contributed by atoms with van der Waals surface area (Å²) in [6.07, 6.45) is 1.61. The lowest BCUT2D eigenvalue weighted by atomic mass is 9.72. The number of ketones is 1. The van der Waals surface area contributed by atoms with Gasteiger partial charge in [0.15, 0.2) is 0 Å². The maximum atomic E-state index is 11.8. The van der Waals surface area contributed by atoms with Crippen LogP contribution in [-0.4, -0.2) is 5.78 Å². The van der Waals surface area contributed by atoms with E-state index in [1.54, 1.807) is 0 Å². The Hall–Kier alpha value is -0.380. The molecule has 0 unspecified atom stereocenters. The smallest absolute Gasteiger partial charge is 0.143 e. The second-order valence-corrected chi connectivity index (χ2v) is 5.60. The first-order chi connectivity index (χ1) is 6.51. The lowest BCUT2D eigenvalue weighted by molar-refractivity contribution is -0.124. The van der Waals surface area contributed by atoms with Crippen molar-refractivity contribution in [3.05, 3.63) is 32.9 Å². The summed E-state index contributed by atoms with van der Waals surface area (Å²) in [6, 6.07) is 6.39. The molecule has 1 aromatic carbocycles. The molecule has 1 aromatic rings. The van der Waals surface area contributed by atoms with Crippen LogP contribution in [0.2, 0.25) is 0 Å². The molecule has 1 nitrogen and oxygen atoms in total. The predicted molar refractivity (Wildman–Crippen MR) is 65.5 cm³/mol. The van der Waals surface area contributed by atoms with E-state index in [9.17, 15) is 4.79 Å². The van der Waals surface area contributed by atoms with E-state index in [2.05, 4.69) is 40.8 Å². The average Bonchev–Trinajstić information content (AvgIpc) is 2.12. The third-order valence-corrected chi connectivity index (χ3v) is 3.73. The molecule has 1 aliphatic carbocycles. The number of hydrogen-bond donors (Lipinski definition) is 0. The van der Waals surface area contributed by atoms with Gasteiger partial charge in [-0.2, -0.15) is 0 Å². The van der Waals surface area contributed by atoms with Crippen LogP contribution in [0, 0.1) is 3.57 Å². The Morgan fingerprint density at radius 3 is 2.71 bits per heavy atom. The van der Waals surface area contributed by atoms with E-state index in [0.717, 1.165) is 6.42 Å². The van der Waals surface area contributed by atoms with Crippen LogP contribution in [0.4, 0.5) is 0 Å². The predicted octanol–water partition coefficient (Wildman–Crippen LogP) is 3.08. The molecule has 14 heavy (non-hydrogen) atoms. The fourth-order valence-electron chi connectivity index (χ4n) is 2.09. The Bertz CT molecular complexity index is 393. The van der Waals surface area contributed by atoms with Crippen LogP contribution in [0.15, 0.2) is 18.2 Å². The summed E-state index contributed by atoms with van der Waals surface area (Å²) in [6.45, 7) is 4.06. The third kappa shape index (κ3) is 1.49. The molecule has 0 spiro atoms. The molecule has 0 saturated heterocycles. The Kier molecular flexibility index (Phi) is 2.41. The SMILES string of the molecule is CC1(C)C(=O)CCc2cc(I)ccc21. The monoisotopic (exact) mass is 300 g/mol. The molecule has 2 heteroatoms. The van der Waals surface area contributed by atoms with Gasteiger partial charge in [0, 0.05) is 15.4 Å². The molecule has 0 radical (unpaired) electrons. The fraction of sp³-hybridized carbons (Fsp3) is 0.417. The van der Waals surface area contributed by atoms with E-state index in [1.165, 1.54) is 14.7 Å². The highest BCUT2D eigenvalue weighted by Gasteiger charge is 2.34. The van der Waals surface area contributed by atoms with E-state index < -0.39 is 0 Å². The molecular formula is C12H13IO. The Morgan fingerprint density at radius 2 is 2.00 bits per heavy atom. The lowest BCUT2D eigenvalue weighted by Gasteiger charge is -2.31. The van der Waals surface area contributed by atoms with E-state index in [0.29, 0.717) is 12.2 Å². The van der Waals surface area contributed by atoms with Crippen molar-refractivity contribution < 1.29 is 4.79 Å². The van der Waals surface area contributed by atoms with Crippen LogP contribution in [0.3, 0.4) is 0 Å². The first-order valence-corrected chi connectivity index (χ1v) is 5.92. The van der Waals surface area contributed by atoms with Gasteiger partial charge in [-0.15, -0.1) is 0 Å². The van der Waals surface area contributed by atoms with Crippen molar-refractivity contribution in [3.8, 4) is 0 Å². The molecule has 0 amide bonds. The highest BCUT2D eigenvalue weighted by atomic mass is 127. The molecule has 0 fully saturated rings. The minimum Gasteiger partial charge on any atom is -0.299 e. The highest BCUT2D eigenvalue weighted by molar-refractivity contribution is 14.1. The van der Waals surface area contributed by atoms with Crippen molar-refractivity contribution in [2.75, 3.05) is 0 Å². The van der Waals surface area contributed by atoms with Gasteiger partial charge in [-0.25, -0.2) is 0 Å². The van der Waals surface area contributed by atoms with Gasteiger partial charge < -0.3 is 0 Å². The van der Waals surface area contributed by atoms with Gasteiger partial charge in [-0.1, -0.05) is 6.07 Å². The fourth-order valence-corrected chi connectivity index (χ4v) is 2.65. The zero-order valence-electron chi connectivity index (χ0n) is 8.43. The van der Waals surface area contributed by atoms with Gasteiger partial charge in [0.1, 0.15) is 5.78 Å². The molecule has 0 heterocycles. The molecule has 0 atom stereocenters. The number of rotatable bonds is 0. The number of Topliss-reactive ketones (excluding diaryl/α,β-unsaturated/α-hetero) is 1. The van der Waals surface area contributed by atoms with E-state index >= 15 is 0 Å². The molecule has 74 valence electrons. The normalized spacial score (nSPS) is 19.2. The number of hydrogen-bond acceptors (Lipinski definition) is 1. The van der Waals surface area contributed by atoms with Gasteiger partial charge in [0.2, 0.25) is 0 Å². The first kappa shape index (κ1) is 10.1. The number of carbonyl (C=O) groups is 1. The second-order valence-electron chi connectivity index (χ2n) is 4.35. The van der Waals surface area contributed by atoms with E-state index in [1.807, 2.05) is 13.8 Å². The molecule has 0 aromatic heterocycles. The number of carbonyl (C=O) groups excluding carboxylic acids is 1.